The minimum atomic E-state index is -0.155. The second-order valence-corrected chi connectivity index (χ2v) is 4.54. The second-order valence-electron chi connectivity index (χ2n) is 4.54. The van der Waals surface area contributed by atoms with Gasteiger partial charge in [0.05, 0.1) is 0 Å². The smallest absolute Gasteiger partial charge is 0.127 e. The van der Waals surface area contributed by atoms with E-state index >= 15 is 0 Å². The van der Waals surface area contributed by atoms with Gasteiger partial charge in [0.2, 0.25) is 0 Å². The van der Waals surface area contributed by atoms with Crippen molar-refractivity contribution >= 4 is 0 Å². The third-order valence-corrected chi connectivity index (χ3v) is 3.17. The summed E-state index contributed by atoms with van der Waals surface area (Å²) in [6.07, 6.45) is 0. The maximum Gasteiger partial charge on any atom is 0.127 e. The van der Waals surface area contributed by atoms with E-state index in [1.165, 1.54) is 11.6 Å². The molecule has 0 amide bonds. The van der Waals surface area contributed by atoms with Crippen LogP contribution in [0.15, 0.2) is 54.6 Å². The summed E-state index contributed by atoms with van der Waals surface area (Å²) in [4.78, 5) is 0. The average Bonchev–Trinajstić information content (AvgIpc) is 2.40. The SMILES string of the molecule is CC(N[C@@H](C)c1ccccc1)c1ccccc1F. The van der Waals surface area contributed by atoms with Gasteiger partial charge in [-0.3, -0.25) is 0 Å². The predicted octanol–water partition coefficient (Wildman–Crippen LogP) is 4.24. The monoisotopic (exact) mass is 243 g/mol. The van der Waals surface area contributed by atoms with E-state index < -0.39 is 0 Å². The molecule has 1 nitrogen and oxygen atoms in total. The first-order valence-corrected chi connectivity index (χ1v) is 6.24. The Labute approximate surface area is 108 Å². The fraction of sp³-hybridized carbons (Fsp3) is 0.250. The summed E-state index contributed by atoms with van der Waals surface area (Å²) in [5.74, 6) is -0.155. The van der Waals surface area contributed by atoms with E-state index in [2.05, 4.69) is 24.4 Å². The Morgan fingerprint density at radius 3 is 2.11 bits per heavy atom. The van der Waals surface area contributed by atoms with Crippen LogP contribution in [0.1, 0.15) is 37.1 Å². The van der Waals surface area contributed by atoms with Crippen LogP contribution in [-0.2, 0) is 0 Å². The average molecular weight is 243 g/mol. The van der Waals surface area contributed by atoms with Gasteiger partial charge in [0, 0.05) is 17.6 Å². The maximum absolute atomic E-state index is 13.7. The Balaban J connectivity index is 2.08. The van der Waals surface area contributed by atoms with Crippen LogP contribution in [0, 0.1) is 5.82 Å². The van der Waals surface area contributed by atoms with E-state index in [1.807, 2.05) is 37.3 Å². The molecule has 2 heteroatoms. The number of halogens is 1. The molecule has 2 aromatic carbocycles. The summed E-state index contributed by atoms with van der Waals surface area (Å²) >= 11 is 0. The van der Waals surface area contributed by atoms with Gasteiger partial charge < -0.3 is 5.32 Å². The van der Waals surface area contributed by atoms with Crippen LogP contribution < -0.4 is 5.32 Å². The van der Waals surface area contributed by atoms with Gasteiger partial charge in [0.25, 0.3) is 0 Å². The van der Waals surface area contributed by atoms with Gasteiger partial charge in [-0.25, -0.2) is 4.39 Å². The largest absolute Gasteiger partial charge is 0.304 e. The van der Waals surface area contributed by atoms with Crippen molar-refractivity contribution in [2.75, 3.05) is 0 Å². The lowest BCUT2D eigenvalue weighted by atomic mass is 10.0. The molecular formula is C16H18FN. The molecule has 2 aromatic rings. The van der Waals surface area contributed by atoms with Gasteiger partial charge in [-0.15, -0.1) is 0 Å². The maximum atomic E-state index is 13.7. The molecule has 0 saturated carbocycles. The molecule has 94 valence electrons. The van der Waals surface area contributed by atoms with Crippen molar-refractivity contribution in [1.82, 2.24) is 5.32 Å². The van der Waals surface area contributed by atoms with E-state index in [9.17, 15) is 4.39 Å². The number of benzene rings is 2. The second kappa shape index (κ2) is 5.78. The topological polar surface area (TPSA) is 12.0 Å². The highest BCUT2D eigenvalue weighted by molar-refractivity contribution is 5.22. The first-order chi connectivity index (χ1) is 8.68. The lowest BCUT2D eigenvalue weighted by Crippen LogP contribution is -2.23. The highest BCUT2D eigenvalue weighted by Crippen LogP contribution is 2.21. The molecule has 0 bridgehead atoms. The molecule has 0 radical (unpaired) electrons. The molecule has 1 N–H and O–H groups in total. The van der Waals surface area contributed by atoms with Gasteiger partial charge in [-0.05, 0) is 25.5 Å². The molecule has 0 saturated heterocycles. The third-order valence-electron chi connectivity index (χ3n) is 3.17. The lowest BCUT2D eigenvalue weighted by molar-refractivity contribution is 0.474. The van der Waals surface area contributed by atoms with Crippen molar-refractivity contribution in [2.45, 2.75) is 25.9 Å². The van der Waals surface area contributed by atoms with Crippen LogP contribution in [-0.4, -0.2) is 0 Å². The Kier molecular flexibility index (Phi) is 4.11. The van der Waals surface area contributed by atoms with E-state index in [0.717, 1.165) is 0 Å². The first-order valence-electron chi connectivity index (χ1n) is 6.24. The zero-order chi connectivity index (χ0) is 13.0. The van der Waals surface area contributed by atoms with Crippen LogP contribution in [0.5, 0.6) is 0 Å². The third kappa shape index (κ3) is 2.96. The summed E-state index contributed by atoms with van der Waals surface area (Å²) in [6, 6.07) is 17.3. The van der Waals surface area contributed by atoms with Gasteiger partial charge in [-0.1, -0.05) is 48.5 Å². The lowest BCUT2D eigenvalue weighted by Gasteiger charge is -2.21. The van der Waals surface area contributed by atoms with Crippen molar-refractivity contribution in [1.29, 1.82) is 0 Å². The predicted molar refractivity (Wildman–Crippen MR) is 72.8 cm³/mol. The van der Waals surface area contributed by atoms with E-state index in [0.29, 0.717) is 5.56 Å². The molecule has 18 heavy (non-hydrogen) atoms. The van der Waals surface area contributed by atoms with Crippen LogP contribution in [0.4, 0.5) is 4.39 Å². The highest BCUT2D eigenvalue weighted by Gasteiger charge is 2.13. The number of rotatable bonds is 4. The molecule has 0 fully saturated rings. The molecule has 0 heterocycles. The standard InChI is InChI=1S/C16H18FN/c1-12(14-8-4-3-5-9-14)18-13(2)15-10-6-7-11-16(15)17/h3-13,18H,1-2H3/t12-,13?/m0/s1. The quantitative estimate of drug-likeness (QED) is 0.847. The van der Waals surface area contributed by atoms with Gasteiger partial charge in [-0.2, -0.15) is 0 Å². The Morgan fingerprint density at radius 2 is 1.44 bits per heavy atom. The summed E-state index contributed by atoms with van der Waals surface area (Å²) in [5, 5.41) is 3.41. The fourth-order valence-electron chi connectivity index (χ4n) is 2.13. The van der Waals surface area contributed by atoms with Crippen LogP contribution in [0.2, 0.25) is 0 Å². The summed E-state index contributed by atoms with van der Waals surface area (Å²) < 4.78 is 13.7. The van der Waals surface area contributed by atoms with Crippen molar-refractivity contribution in [3.63, 3.8) is 0 Å². The molecule has 2 rings (SSSR count). The van der Waals surface area contributed by atoms with E-state index in [-0.39, 0.29) is 17.9 Å². The summed E-state index contributed by atoms with van der Waals surface area (Å²) in [5.41, 5.74) is 1.92. The molecule has 1 unspecified atom stereocenters. The van der Waals surface area contributed by atoms with Crippen molar-refractivity contribution in [3.8, 4) is 0 Å². The highest BCUT2D eigenvalue weighted by atomic mass is 19.1. The van der Waals surface area contributed by atoms with E-state index in [4.69, 9.17) is 0 Å². The molecular weight excluding hydrogens is 225 g/mol. The Bertz CT molecular complexity index is 495. The number of nitrogens with one attached hydrogen (secondary N) is 1. The van der Waals surface area contributed by atoms with E-state index in [1.54, 1.807) is 6.07 Å². The summed E-state index contributed by atoms with van der Waals surface area (Å²) in [6.45, 7) is 4.07. The summed E-state index contributed by atoms with van der Waals surface area (Å²) in [7, 11) is 0. The minimum Gasteiger partial charge on any atom is -0.304 e. The minimum absolute atomic E-state index is 0.0126. The van der Waals surface area contributed by atoms with Crippen molar-refractivity contribution in [3.05, 3.63) is 71.5 Å². The Morgan fingerprint density at radius 1 is 0.833 bits per heavy atom. The number of hydrogen-bond acceptors (Lipinski definition) is 1. The molecule has 0 aromatic heterocycles. The van der Waals surface area contributed by atoms with Crippen molar-refractivity contribution in [2.24, 2.45) is 0 Å². The fourth-order valence-corrected chi connectivity index (χ4v) is 2.13. The zero-order valence-electron chi connectivity index (χ0n) is 10.7. The van der Waals surface area contributed by atoms with Crippen LogP contribution in [0.3, 0.4) is 0 Å². The van der Waals surface area contributed by atoms with Crippen LogP contribution >= 0.6 is 0 Å². The van der Waals surface area contributed by atoms with Gasteiger partial charge in [0.15, 0.2) is 0 Å². The molecule has 2 atom stereocenters. The van der Waals surface area contributed by atoms with Crippen LogP contribution in [0.25, 0.3) is 0 Å². The van der Waals surface area contributed by atoms with Crippen molar-refractivity contribution < 1.29 is 4.39 Å². The Hall–Kier alpha value is -1.67. The first kappa shape index (κ1) is 12.8. The normalized spacial score (nSPS) is 14.2. The molecule has 0 aliphatic carbocycles. The molecule has 0 aliphatic rings. The molecule has 0 spiro atoms. The molecule has 0 aliphatic heterocycles. The van der Waals surface area contributed by atoms with Gasteiger partial charge in [0.1, 0.15) is 5.82 Å². The number of hydrogen-bond donors (Lipinski definition) is 1. The zero-order valence-corrected chi connectivity index (χ0v) is 10.7. The van der Waals surface area contributed by atoms with Gasteiger partial charge >= 0.3 is 0 Å².